The summed E-state index contributed by atoms with van der Waals surface area (Å²) in [6.07, 6.45) is 2.70. The first-order valence-corrected chi connectivity index (χ1v) is 5.39. The number of aromatic nitrogens is 1. The van der Waals surface area contributed by atoms with Crippen LogP contribution >= 0.6 is 0 Å². The molecule has 0 aliphatic carbocycles. The molecule has 0 aliphatic rings. The van der Waals surface area contributed by atoms with Gasteiger partial charge in [0.15, 0.2) is 14.6 Å². The molecule has 1 aromatic heterocycles. The highest BCUT2D eigenvalue weighted by Gasteiger charge is 2.43. The fourth-order valence-electron chi connectivity index (χ4n) is 0.885. The predicted molar refractivity (Wildman–Crippen MR) is 49.7 cm³/mol. The summed E-state index contributed by atoms with van der Waals surface area (Å²) >= 11 is 0. The summed E-state index contributed by atoms with van der Waals surface area (Å²) in [5.74, 6) is -1.36. The van der Waals surface area contributed by atoms with Gasteiger partial charge in [0.05, 0.1) is 4.90 Å². The van der Waals surface area contributed by atoms with Crippen molar-refractivity contribution >= 4 is 15.8 Å². The zero-order chi connectivity index (χ0) is 11.0. The number of rotatable bonds is 3. The van der Waals surface area contributed by atoms with E-state index in [-0.39, 0.29) is 4.90 Å². The third kappa shape index (κ3) is 1.41. The molecule has 1 aromatic rings. The third-order valence-corrected chi connectivity index (χ3v) is 4.46. The van der Waals surface area contributed by atoms with E-state index < -0.39 is 20.6 Å². The number of nitrogens with one attached hydrogen (secondary N) is 1. The average molecular weight is 217 g/mol. The normalized spacial score (nSPS) is 12.7. The van der Waals surface area contributed by atoms with Gasteiger partial charge in [-0.2, -0.15) is 0 Å². The van der Waals surface area contributed by atoms with E-state index in [1.807, 2.05) is 0 Å². The summed E-state index contributed by atoms with van der Waals surface area (Å²) in [6, 6.07) is 1.33. The number of hydrogen-bond donors (Lipinski definition) is 2. The highest BCUT2D eigenvalue weighted by Crippen LogP contribution is 2.24. The Labute approximate surface area is 81.7 Å². The Balaban J connectivity index is 3.29. The number of hydrogen-bond acceptors (Lipinski definition) is 3. The molecule has 1 heterocycles. The topological polar surface area (TPSA) is 87.2 Å². The molecular formula is C8H11NO4S. The number of H-pyrrole nitrogens is 1. The van der Waals surface area contributed by atoms with Gasteiger partial charge in [-0.1, -0.05) is 0 Å². The molecule has 0 aromatic carbocycles. The van der Waals surface area contributed by atoms with Crippen molar-refractivity contribution in [2.75, 3.05) is 0 Å². The smallest absolute Gasteiger partial charge is 0.324 e. The van der Waals surface area contributed by atoms with Crippen LogP contribution in [0.25, 0.3) is 0 Å². The Hall–Kier alpha value is -1.30. The van der Waals surface area contributed by atoms with E-state index in [2.05, 4.69) is 4.98 Å². The van der Waals surface area contributed by atoms with Gasteiger partial charge in [0, 0.05) is 12.4 Å². The Morgan fingerprint density at radius 2 is 2.07 bits per heavy atom. The van der Waals surface area contributed by atoms with Crippen LogP contribution < -0.4 is 0 Å². The molecule has 0 atom stereocenters. The average Bonchev–Trinajstić information content (AvgIpc) is 2.55. The van der Waals surface area contributed by atoms with Crippen molar-refractivity contribution in [3.63, 3.8) is 0 Å². The second-order valence-corrected chi connectivity index (χ2v) is 5.86. The lowest BCUT2D eigenvalue weighted by Crippen LogP contribution is -2.40. The zero-order valence-corrected chi connectivity index (χ0v) is 8.63. The molecule has 0 saturated carbocycles. The summed E-state index contributed by atoms with van der Waals surface area (Å²) in [4.78, 5) is 13.3. The molecule has 2 N–H and O–H groups in total. The lowest BCUT2D eigenvalue weighted by molar-refractivity contribution is -0.139. The van der Waals surface area contributed by atoms with Crippen LogP contribution in [-0.2, 0) is 14.6 Å². The zero-order valence-electron chi connectivity index (χ0n) is 7.81. The Kier molecular flexibility index (Phi) is 2.41. The second kappa shape index (κ2) is 3.13. The Morgan fingerprint density at radius 3 is 2.43 bits per heavy atom. The van der Waals surface area contributed by atoms with Gasteiger partial charge < -0.3 is 10.1 Å². The third-order valence-electron chi connectivity index (χ3n) is 2.07. The van der Waals surface area contributed by atoms with E-state index in [1.54, 1.807) is 0 Å². The van der Waals surface area contributed by atoms with Crippen LogP contribution in [0, 0.1) is 0 Å². The number of sulfone groups is 1. The molecule has 6 heteroatoms. The second-order valence-electron chi connectivity index (χ2n) is 3.37. The summed E-state index contributed by atoms with van der Waals surface area (Å²) in [7, 11) is -3.83. The van der Waals surface area contributed by atoms with Gasteiger partial charge >= 0.3 is 5.97 Å². The molecule has 0 spiro atoms. The van der Waals surface area contributed by atoms with Gasteiger partial charge in [-0.25, -0.2) is 8.42 Å². The van der Waals surface area contributed by atoms with Crippen molar-refractivity contribution in [1.82, 2.24) is 4.98 Å². The van der Waals surface area contributed by atoms with Crippen molar-refractivity contribution in [3.8, 4) is 0 Å². The summed E-state index contributed by atoms with van der Waals surface area (Å²) in [6.45, 7) is 2.33. The standard InChI is InChI=1S/C8H11NO4S/c1-8(2,7(10)11)14(12,13)6-3-4-9-5-6/h3-5,9H,1-2H3,(H,10,11). The predicted octanol–water partition coefficient (Wildman–Crippen LogP) is 0.652. The molecule has 0 saturated heterocycles. The van der Waals surface area contributed by atoms with Gasteiger partial charge in [-0.15, -0.1) is 0 Å². The van der Waals surface area contributed by atoms with Crippen LogP contribution in [-0.4, -0.2) is 29.2 Å². The lowest BCUT2D eigenvalue weighted by atomic mass is 10.2. The van der Waals surface area contributed by atoms with Crippen LogP contribution in [0.15, 0.2) is 23.4 Å². The molecule has 78 valence electrons. The van der Waals surface area contributed by atoms with Gasteiger partial charge in [0.25, 0.3) is 0 Å². The van der Waals surface area contributed by atoms with Crippen molar-refractivity contribution in [3.05, 3.63) is 18.5 Å². The van der Waals surface area contributed by atoms with Crippen LogP contribution in [0.1, 0.15) is 13.8 Å². The van der Waals surface area contributed by atoms with E-state index >= 15 is 0 Å². The molecular weight excluding hydrogens is 206 g/mol. The minimum Gasteiger partial charge on any atom is -0.480 e. The van der Waals surface area contributed by atoms with Crippen molar-refractivity contribution in [2.45, 2.75) is 23.5 Å². The first kappa shape index (κ1) is 10.8. The number of aromatic amines is 1. The summed E-state index contributed by atoms with van der Waals surface area (Å²) in [5, 5.41) is 8.79. The monoisotopic (exact) mass is 217 g/mol. The first-order valence-electron chi connectivity index (χ1n) is 3.91. The molecule has 0 bridgehead atoms. The Bertz CT molecular complexity index is 430. The first-order chi connectivity index (χ1) is 6.30. The fourth-order valence-corrected chi connectivity index (χ4v) is 2.17. The summed E-state index contributed by atoms with van der Waals surface area (Å²) < 4.78 is 21.7. The molecule has 0 fully saturated rings. The van der Waals surface area contributed by atoms with Crippen molar-refractivity contribution in [1.29, 1.82) is 0 Å². The maximum absolute atomic E-state index is 11.8. The minimum absolute atomic E-state index is 0.00935. The van der Waals surface area contributed by atoms with Gasteiger partial charge in [-0.05, 0) is 19.9 Å². The molecule has 0 amide bonds. The van der Waals surface area contributed by atoms with E-state index in [9.17, 15) is 13.2 Å². The molecule has 1 rings (SSSR count). The number of carboxylic acids is 1. The molecule has 0 radical (unpaired) electrons. The van der Waals surface area contributed by atoms with Crippen LogP contribution in [0.4, 0.5) is 0 Å². The summed E-state index contributed by atoms with van der Waals surface area (Å²) in [5.41, 5.74) is 0. The maximum atomic E-state index is 11.8. The van der Waals surface area contributed by atoms with E-state index in [1.165, 1.54) is 18.5 Å². The van der Waals surface area contributed by atoms with Crippen LogP contribution in [0.3, 0.4) is 0 Å². The number of carbonyl (C=O) groups is 1. The van der Waals surface area contributed by atoms with Gasteiger partial charge in [-0.3, -0.25) is 4.79 Å². The molecule has 0 aliphatic heterocycles. The molecule has 14 heavy (non-hydrogen) atoms. The number of aliphatic carboxylic acids is 1. The molecule has 5 nitrogen and oxygen atoms in total. The largest absolute Gasteiger partial charge is 0.480 e. The van der Waals surface area contributed by atoms with Crippen LogP contribution in [0.2, 0.25) is 0 Å². The lowest BCUT2D eigenvalue weighted by Gasteiger charge is -2.18. The fraction of sp³-hybridized carbons (Fsp3) is 0.375. The van der Waals surface area contributed by atoms with Gasteiger partial charge in [0.1, 0.15) is 0 Å². The SMILES string of the molecule is CC(C)(C(=O)O)S(=O)(=O)c1cc[nH]c1. The minimum atomic E-state index is -3.83. The molecule has 0 unspecified atom stereocenters. The van der Waals surface area contributed by atoms with Crippen molar-refractivity contribution < 1.29 is 18.3 Å². The van der Waals surface area contributed by atoms with Crippen LogP contribution in [0.5, 0.6) is 0 Å². The van der Waals surface area contributed by atoms with E-state index in [0.29, 0.717) is 0 Å². The highest BCUT2D eigenvalue weighted by atomic mass is 32.2. The van der Waals surface area contributed by atoms with E-state index in [0.717, 1.165) is 13.8 Å². The maximum Gasteiger partial charge on any atom is 0.324 e. The van der Waals surface area contributed by atoms with Crippen molar-refractivity contribution in [2.24, 2.45) is 0 Å². The highest BCUT2D eigenvalue weighted by molar-refractivity contribution is 7.93. The van der Waals surface area contributed by atoms with Gasteiger partial charge in [0.2, 0.25) is 0 Å². The Morgan fingerprint density at radius 1 is 1.50 bits per heavy atom. The van der Waals surface area contributed by atoms with E-state index in [4.69, 9.17) is 5.11 Å². The quantitative estimate of drug-likeness (QED) is 0.778. The number of carboxylic acid groups (broad SMARTS) is 1.